The van der Waals surface area contributed by atoms with E-state index in [1.807, 2.05) is 47.4 Å². The van der Waals surface area contributed by atoms with E-state index in [2.05, 4.69) is 16.3 Å². The number of thiophene rings is 1. The van der Waals surface area contributed by atoms with Gasteiger partial charge < -0.3 is 9.32 Å². The molecule has 2 aromatic carbocycles. The minimum absolute atomic E-state index is 0.0433. The maximum atomic E-state index is 12.8. The van der Waals surface area contributed by atoms with E-state index in [9.17, 15) is 4.79 Å². The number of aromatic nitrogens is 2. The molecule has 29 heavy (non-hydrogen) atoms. The number of carbonyl (C=O) groups excluding carboxylic acids is 1. The van der Waals surface area contributed by atoms with E-state index >= 15 is 0 Å². The minimum atomic E-state index is 0.0433. The molecule has 0 bridgehead atoms. The summed E-state index contributed by atoms with van der Waals surface area (Å²) in [6, 6.07) is 16.0. The molecule has 146 valence electrons. The summed E-state index contributed by atoms with van der Waals surface area (Å²) in [5.74, 6) is 0.673. The molecule has 0 saturated carbocycles. The number of aryl methyl sites for hydroxylation is 1. The van der Waals surface area contributed by atoms with Crippen LogP contribution in [0.15, 0.2) is 58.2 Å². The SMILES string of the molecule is O=C(CSc1nnc(-c2sc3ccccc3c2Cl)o1)N1CCCc2ccccc21. The Morgan fingerprint density at radius 2 is 2.00 bits per heavy atom. The van der Waals surface area contributed by atoms with Gasteiger partial charge in [-0.05, 0) is 30.5 Å². The van der Waals surface area contributed by atoms with E-state index in [-0.39, 0.29) is 11.7 Å². The molecule has 1 amide bonds. The molecule has 0 aliphatic carbocycles. The molecule has 4 aromatic rings. The number of hydrogen-bond acceptors (Lipinski definition) is 6. The van der Waals surface area contributed by atoms with Gasteiger partial charge in [-0.25, -0.2) is 0 Å². The Morgan fingerprint density at radius 1 is 1.17 bits per heavy atom. The molecule has 8 heteroatoms. The lowest BCUT2D eigenvalue weighted by molar-refractivity contribution is -0.116. The zero-order chi connectivity index (χ0) is 19.8. The van der Waals surface area contributed by atoms with Crippen LogP contribution in [0.1, 0.15) is 12.0 Å². The van der Waals surface area contributed by atoms with Gasteiger partial charge in [0.05, 0.1) is 10.8 Å². The second kappa shape index (κ2) is 7.82. The average molecular weight is 442 g/mol. The molecule has 0 N–H and O–H groups in total. The topological polar surface area (TPSA) is 59.2 Å². The highest BCUT2D eigenvalue weighted by atomic mass is 35.5. The van der Waals surface area contributed by atoms with Gasteiger partial charge in [0.2, 0.25) is 5.91 Å². The van der Waals surface area contributed by atoms with Crippen molar-refractivity contribution < 1.29 is 9.21 Å². The third-order valence-electron chi connectivity index (χ3n) is 4.87. The zero-order valence-corrected chi connectivity index (χ0v) is 17.7. The van der Waals surface area contributed by atoms with Crippen molar-refractivity contribution in [3.63, 3.8) is 0 Å². The molecule has 3 heterocycles. The van der Waals surface area contributed by atoms with Crippen molar-refractivity contribution in [1.29, 1.82) is 0 Å². The monoisotopic (exact) mass is 441 g/mol. The van der Waals surface area contributed by atoms with Crippen molar-refractivity contribution in [2.75, 3.05) is 17.2 Å². The number of amides is 1. The summed E-state index contributed by atoms with van der Waals surface area (Å²) in [7, 11) is 0. The maximum Gasteiger partial charge on any atom is 0.277 e. The molecule has 0 saturated heterocycles. The fraction of sp³-hybridized carbons (Fsp3) is 0.190. The number of rotatable bonds is 4. The van der Waals surface area contributed by atoms with Crippen molar-refractivity contribution >= 4 is 56.4 Å². The van der Waals surface area contributed by atoms with Crippen LogP contribution < -0.4 is 4.90 Å². The van der Waals surface area contributed by atoms with Crippen molar-refractivity contribution in [3.05, 3.63) is 59.1 Å². The number of hydrogen-bond donors (Lipinski definition) is 0. The quantitative estimate of drug-likeness (QED) is 0.381. The lowest BCUT2D eigenvalue weighted by Gasteiger charge is -2.29. The number of nitrogens with zero attached hydrogens (tertiary/aromatic N) is 3. The zero-order valence-electron chi connectivity index (χ0n) is 15.3. The molecule has 0 unspecified atom stereocenters. The van der Waals surface area contributed by atoms with Gasteiger partial charge in [-0.15, -0.1) is 21.5 Å². The van der Waals surface area contributed by atoms with Crippen LogP contribution >= 0.6 is 34.7 Å². The van der Waals surface area contributed by atoms with Crippen LogP contribution in [0.3, 0.4) is 0 Å². The Labute approximate surface area is 180 Å². The number of thioether (sulfide) groups is 1. The lowest BCUT2D eigenvalue weighted by atomic mass is 10.0. The second-order valence-electron chi connectivity index (χ2n) is 6.68. The van der Waals surface area contributed by atoms with Gasteiger partial charge in [0.15, 0.2) is 0 Å². The van der Waals surface area contributed by atoms with Crippen LogP contribution in [0, 0.1) is 0 Å². The molecule has 0 fully saturated rings. The highest BCUT2D eigenvalue weighted by Crippen LogP contribution is 2.41. The molecule has 0 atom stereocenters. The van der Waals surface area contributed by atoms with Gasteiger partial charge in [-0.2, -0.15) is 0 Å². The summed E-state index contributed by atoms with van der Waals surface area (Å²) in [6.45, 7) is 0.739. The van der Waals surface area contributed by atoms with Crippen LogP contribution in [0.4, 0.5) is 5.69 Å². The number of para-hydroxylation sites is 1. The van der Waals surface area contributed by atoms with E-state index in [0.29, 0.717) is 16.1 Å². The summed E-state index contributed by atoms with van der Waals surface area (Å²) in [4.78, 5) is 15.4. The van der Waals surface area contributed by atoms with E-state index in [0.717, 1.165) is 40.0 Å². The van der Waals surface area contributed by atoms with Crippen LogP contribution in [0.25, 0.3) is 20.9 Å². The first-order valence-electron chi connectivity index (χ1n) is 9.22. The Balaban J connectivity index is 1.31. The fourth-order valence-corrected chi connectivity index (χ4v) is 5.58. The van der Waals surface area contributed by atoms with Crippen LogP contribution in [0.5, 0.6) is 0 Å². The molecule has 5 rings (SSSR count). The number of carbonyl (C=O) groups is 1. The Bertz CT molecular complexity index is 1200. The largest absolute Gasteiger partial charge is 0.410 e. The van der Waals surface area contributed by atoms with Gasteiger partial charge in [0.1, 0.15) is 4.88 Å². The van der Waals surface area contributed by atoms with Crippen molar-refractivity contribution in [2.45, 2.75) is 18.1 Å². The summed E-state index contributed by atoms with van der Waals surface area (Å²) in [5, 5.41) is 10.2. The molecular formula is C21H16ClN3O2S2. The summed E-state index contributed by atoms with van der Waals surface area (Å²) in [5.41, 5.74) is 2.23. The Hall–Kier alpha value is -2.35. The van der Waals surface area contributed by atoms with Crippen molar-refractivity contribution in [2.24, 2.45) is 0 Å². The van der Waals surface area contributed by atoms with E-state index < -0.39 is 0 Å². The van der Waals surface area contributed by atoms with Gasteiger partial charge in [-0.3, -0.25) is 4.79 Å². The molecular weight excluding hydrogens is 426 g/mol. The lowest BCUT2D eigenvalue weighted by Crippen LogP contribution is -2.36. The molecule has 2 aromatic heterocycles. The predicted octanol–water partition coefficient (Wildman–Crippen LogP) is 5.68. The van der Waals surface area contributed by atoms with Crippen LogP contribution in [-0.2, 0) is 11.2 Å². The van der Waals surface area contributed by atoms with Crippen LogP contribution in [0.2, 0.25) is 5.02 Å². The Morgan fingerprint density at radius 3 is 2.90 bits per heavy atom. The highest BCUT2D eigenvalue weighted by Gasteiger charge is 2.23. The van der Waals surface area contributed by atoms with Crippen LogP contribution in [-0.4, -0.2) is 28.4 Å². The summed E-state index contributed by atoms with van der Waals surface area (Å²) >= 11 is 9.27. The highest BCUT2D eigenvalue weighted by molar-refractivity contribution is 7.99. The molecule has 1 aliphatic heterocycles. The molecule has 1 aliphatic rings. The summed E-state index contributed by atoms with van der Waals surface area (Å²) in [6.07, 6.45) is 1.98. The van der Waals surface area contributed by atoms with Crippen molar-refractivity contribution in [3.8, 4) is 10.8 Å². The van der Waals surface area contributed by atoms with E-state index in [1.54, 1.807) is 0 Å². The number of anilines is 1. The first kappa shape index (κ1) is 18.7. The van der Waals surface area contributed by atoms with E-state index in [1.165, 1.54) is 28.7 Å². The molecule has 0 radical (unpaired) electrons. The van der Waals surface area contributed by atoms with Crippen molar-refractivity contribution in [1.82, 2.24) is 10.2 Å². The average Bonchev–Trinajstić information content (AvgIpc) is 3.36. The smallest absolute Gasteiger partial charge is 0.277 e. The number of halogens is 1. The Kier molecular flexibility index (Phi) is 5.03. The summed E-state index contributed by atoms with van der Waals surface area (Å²) < 4.78 is 6.85. The van der Waals surface area contributed by atoms with Gasteiger partial charge in [-0.1, -0.05) is 59.8 Å². The van der Waals surface area contributed by atoms with Gasteiger partial charge in [0.25, 0.3) is 11.1 Å². The molecule has 5 nitrogen and oxygen atoms in total. The number of benzene rings is 2. The minimum Gasteiger partial charge on any atom is -0.410 e. The van der Waals surface area contributed by atoms with E-state index in [4.69, 9.17) is 16.0 Å². The fourth-order valence-electron chi connectivity index (χ4n) is 3.51. The first-order chi connectivity index (χ1) is 14.2. The van der Waals surface area contributed by atoms with Gasteiger partial charge >= 0.3 is 0 Å². The first-order valence-corrected chi connectivity index (χ1v) is 11.4. The van der Waals surface area contributed by atoms with Gasteiger partial charge in [0, 0.05) is 22.3 Å². The second-order valence-corrected chi connectivity index (χ2v) is 9.04. The standard InChI is InChI=1S/C21H16ClN3O2S2/c22-18-14-8-2-4-10-16(14)29-19(18)20-23-24-21(27-20)28-12-17(26)25-11-5-7-13-6-1-3-9-15(13)25/h1-4,6,8-10H,5,7,11-12H2. The number of fused-ring (bicyclic) bond motifs is 2. The predicted molar refractivity (Wildman–Crippen MR) is 118 cm³/mol. The third kappa shape index (κ3) is 3.54. The molecule has 0 spiro atoms. The maximum absolute atomic E-state index is 12.8. The third-order valence-corrected chi connectivity index (χ3v) is 7.33. The normalized spacial score (nSPS) is 13.6.